The number of anilines is 1. The smallest absolute Gasteiger partial charge is 0.190 e. The van der Waals surface area contributed by atoms with Crippen LogP contribution in [-0.2, 0) is 6.54 Å². The summed E-state index contributed by atoms with van der Waals surface area (Å²) in [4.78, 5) is 6.64. The van der Waals surface area contributed by atoms with Crippen LogP contribution in [-0.4, -0.2) is 36.6 Å². The van der Waals surface area contributed by atoms with Crippen molar-refractivity contribution < 1.29 is 0 Å². The Labute approximate surface area is 200 Å². The van der Waals surface area contributed by atoms with Crippen LogP contribution in [0, 0.1) is 0 Å². The Kier molecular flexibility index (Phi) is 5.81. The first-order valence-electron chi connectivity index (χ1n) is 10.2. The summed E-state index contributed by atoms with van der Waals surface area (Å²) in [5, 5.41) is 13.1. The molecular weight excluding hydrogens is 457 g/mol. The molecule has 1 aliphatic rings. The third-order valence-corrected chi connectivity index (χ3v) is 5.71. The van der Waals surface area contributed by atoms with Gasteiger partial charge in [-0.1, -0.05) is 59.6 Å². The number of hydrogen-bond acceptors (Lipinski definition) is 6. The zero-order chi connectivity index (χ0) is 22.8. The van der Waals surface area contributed by atoms with Crippen LogP contribution in [0.2, 0.25) is 10.0 Å². The zero-order valence-electron chi connectivity index (χ0n) is 17.4. The lowest BCUT2D eigenvalue weighted by atomic mass is 10.0. The van der Waals surface area contributed by atoms with Gasteiger partial charge in [0.15, 0.2) is 5.82 Å². The van der Waals surface area contributed by atoms with Crippen molar-refractivity contribution in [1.29, 1.82) is 0 Å². The molecule has 2 aromatic heterocycles. The van der Waals surface area contributed by atoms with Crippen molar-refractivity contribution in [2.24, 2.45) is 0 Å². The Bertz CT molecular complexity index is 1340. The highest BCUT2D eigenvalue weighted by molar-refractivity contribution is 6.34. The topological polar surface area (TPSA) is 85.8 Å². The van der Waals surface area contributed by atoms with Gasteiger partial charge >= 0.3 is 0 Å². The summed E-state index contributed by atoms with van der Waals surface area (Å²) >= 11 is 12.3. The van der Waals surface area contributed by atoms with Gasteiger partial charge in [-0.2, -0.15) is 4.68 Å². The number of benzene rings is 2. The molecule has 0 aliphatic carbocycles. The lowest BCUT2D eigenvalue weighted by Gasteiger charge is -2.20. The minimum Gasteiger partial charge on any atom is -0.383 e. The van der Waals surface area contributed by atoms with Crippen molar-refractivity contribution in [2.45, 2.75) is 6.54 Å². The van der Waals surface area contributed by atoms with Crippen molar-refractivity contribution in [2.75, 3.05) is 12.3 Å². The van der Waals surface area contributed by atoms with E-state index in [4.69, 9.17) is 28.9 Å². The summed E-state index contributed by atoms with van der Waals surface area (Å²) in [6.07, 6.45) is 10.1. The quantitative estimate of drug-likeness (QED) is 0.428. The molecule has 7 nitrogen and oxygen atoms in total. The molecule has 0 radical (unpaired) electrons. The average Bonchev–Trinajstić information content (AvgIpc) is 3.30. The first kappa shape index (κ1) is 21.2. The second kappa shape index (κ2) is 9.05. The second-order valence-electron chi connectivity index (χ2n) is 7.59. The molecule has 2 aromatic carbocycles. The Morgan fingerprint density at radius 1 is 0.939 bits per heavy atom. The van der Waals surface area contributed by atoms with Gasteiger partial charge in [0.1, 0.15) is 5.82 Å². The summed E-state index contributed by atoms with van der Waals surface area (Å²) in [5.74, 6) is 0.770. The van der Waals surface area contributed by atoms with Crippen molar-refractivity contribution in [3.63, 3.8) is 0 Å². The third kappa shape index (κ3) is 4.60. The van der Waals surface area contributed by atoms with E-state index in [0.717, 1.165) is 24.2 Å². The van der Waals surface area contributed by atoms with E-state index in [1.54, 1.807) is 29.1 Å². The summed E-state index contributed by atoms with van der Waals surface area (Å²) in [6.45, 7) is 1.76. The van der Waals surface area contributed by atoms with E-state index in [1.165, 1.54) is 5.56 Å². The summed E-state index contributed by atoms with van der Waals surface area (Å²) < 4.78 is 1.54. The Morgan fingerprint density at radius 2 is 1.73 bits per heavy atom. The molecule has 164 valence electrons. The number of nitrogens with two attached hydrogens (primary N) is 1. The molecule has 0 fully saturated rings. The lowest BCUT2D eigenvalue weighted by Crippen LogP contribution is -2.17. The molecule has 0 atom stereocenters. The molecule has 33 heavy (non-hydrogen) atoms. The maximum atomic E-state index is 6.20. The van der Waals surface area contributed by atoms with Crippen LogP contribution in [0.15, 0.2) is 79.2 Å². The van der Waals surface area contributed by atoms with E-state index in [1.807, 2.05) is 12.1 Å². The van der Waals surface area contributed by atoms with Crippen LogP contribution < -0.4 is 5.73 Å². The van der Waals surface area contributed by atoms with Gasteiger partial charge in [0.05, 0.1) is 11.3 Å². The molecule has 4 aromatic rings. The van der Waals surface area contributed by atoms with Crippen molar-refractivity contribution in [3.05, 3.63) is 94.8 Å². The van der Waals surface area contributed by atoms with Crippen molar-refractivity contribution in [3.8, 4) is 28.2 Å². The number of tetrazole rings is 1. The van der Waals surface area contributed by atoms with E-state index in [2.05, 4.69) is 68.0 Å². The fraction of sp³-hybridized carbons (Fsp3) is 0.0833. The Balaban J connectivity index is 1.46. The zero-order valence-corrected chi connectivity index (χ0v) is 18.9. The number of aromatic nitrogens is 5. The number of hydrogen-bond donors (Lipinski definition) is 1. The minimum absolute atomic E-state index is 0.324. The number of pyridine rings is 1. The number of allylic oxidation sites excluding steroid dienone is 2. The van der Waals surface area contributed by atoms with Crippen molar-refractivity contribution >= 4 is 29.0 Å². The van der Waals surface area contributed by atoms with Gasteiger partial charge in [-0.05, 0) is 58.1 Å². The molecule has 5 rings (SSSR count). The summed E-state index contributed by atoms with van der Waals surface area (Å²) in [6, 6.07) is 15.4. The summed E-state index contributed by atoms with van der Waals surface area (Å²) in [7, 11) is 0. The van der Waals surface area contributed by atoms with E-state index in [9.17, 15) is 0 Å². The minimum atomic E-state index is 0.324. The maximum absolute atomic E-state index is 6.20. The molecule has 0 bridgehead atoms. The number of halogens is 2. The van der Waals surface area contributed by atoms with Gasteiger partial charge < -0.3 is 10.6 Å². The molecule has 0 spiro atoms. The van der Waals surface area contributed by atoms with Crippen LogP contribution in [0.4, 0.5) is 5.82 Å². The lowest BCUT2D eigenvalue weighted by molar-refractivity contribution is 0.405. The van der Waals surface area contributed by atoms with Crippen LogP contribution in [0.1, 0.15) is 5.56 Å². The Morgan fingerprint density at radius 3 is 2.45 bits per heavy atom. The first-order valence-corrected chi connectivity index (χ1v) is 11.0. The predicted octanol–water partition coefficient (Wildman–Crippen LogP) is 5.17. The van der Waals surface area contributed by atoms with Gasteiger partial charge in [0.2, 0.25) is 0 Å². The van der Waals surface area contributed by atoms with Gasteiger partial charge in [-0.3, -0.25) is 0 Å². The molecule has 3 heterocycles. The molecule has 9 heteroatoms. The third-order valence-electron chi connectivity index (χ3n) is 5.28. The number of nitrogens with zero attached hydrogens (tertiary/aromatic N) is 6. The highest BCUT2D eigenvalue weighted by atomic mass is 35.5. The highest BCUT2D eigenvalue weighted by Gasteiger charge is 2.17. The molecule has 0 unspecified atom stereocenters. The van der Waals surface area contributed by atoms with Gasteiger partial charge in [0, 0.05) is 34.9 Å². The fourth-order valence-corrected chi connectivity index (χ4v) is 4.18. The average molecular weight is 476 g/mol. The van der Waals surface area contributed by atoms with Crippen LogP contribution >= 0.6 is 23.2 Å². The van der Waals surface area contributed by atoms with E-state index < -0.39 is 0 Å². The van der Waals surface area contributed by atoms with Crippen LogP contribution in [0.3, 0.4) is 0 Å². The molecule has 1 aliphatic heterocycles. The second-order valence-corrected chi connectivity index (χ2v) is 8.47. The van der Waals surface area contributed by atoms with E-state index in [0.29, 0.717) is 32.9 Å². The summed E-state index contributed by atoms with van der Waals surface area (Å²) in [5.41, 5.74) is 10.6. The monoisotopic (exact) mass is 475 g/mol. The van der Waals surface area contributed by atoms with Gasteiger partial charge in [-0.25, -0.2) is 4.98 Å². The largest absolute Gasteiger partial charge is 0.383 e. The SMILES string of the molecule is Nc1ncc(-c2ccc(CN3C=CC=CC3)cc2)cc1-c1nnnn1-c1cc(Cl)cc(Cl)c1. The normalized spacial score (nSPS) is 13.0. The van der Waals surface area contributed by atoms with Crippen LogP contribution in [0.5, 0.6) is 0 Å². The Hall–Kier alpha value is -3.68. The van der Waals surface area contributed by atoms with Crippen LogP contribution in [0.25, 0.3) is 28.2 Å². The number of nitrogen functional groups attached to an aromatic ring is 1. The predicted molar refractivity (Wildman–Crippen MR) is 131 cm³/mol. The molecule has 0 saturated heterocycles. The fourth-order valence-electron chi connectivity index (χ4n) is 3.66. The van der Waals surface area contributed by atoms with E-state index in [-0.39, 0.29) is 0 Å². The number of rotatable bonds is 5. The first-order chi connectivity index (χ1) is 16.1. The van der Waals surface area contributed by atoms with Gasteiger partial charge in [-0.15, -0.1) is 5.10 Å². The van der Waals surface area contributed by atoms with E-state index >= 15 is 0 Å². The maximum Gasteiger partial charge on any atom is 0.190 e. The molecule has 0 amide bonds. The standard InChI is InChI=1S/C24H19Cl2N7/c25-19-11-20(26)13-21(12-19)33-24(29-30-31-33)22-10-18(14-28-23(22)27)17-6-4-16(5-7-17)15-32-8-2-1-3-9-32/h1-8,10-14H,9,15H2,(H2,27,28). The molecule has 0 saturated carbocycles. The van der Waals surface area contributed by atoms with Gasteiger partial charge in [0.25, 0.3) is 0 Å². The molecule has 2 N–H and O–H groups in total. The molecular formula is C24H19Cl2N7. The van der Waals surface area contributed by atoms with Crippen molar-refractivity contribution in [1.82, 2.24) is 30.1 Å². The highest BCUT2D eigenvalue weighted by Crippen LogP contribution is 2.30.